The summed E-state index contributed by atoms with van der Waals surface area (Å²) >= 11 is 0. The molecule has 0 aromatic rings. The maximum Gasteiger partial charge on any atom is 0.0702 e. The van der Waals surface area contributed by atoms with Crippen molar-refractivity contribution in [2.75, 3.05) is 46.5 Å². The van der Waals surface area contributed by atoms with Crippen molar-refractivity contribution in [1.82, 2.24) is 10.2 Å². The van der Waals surface area contributed by atoms with Crippen LogP contribution in [0.5, 0.6) is 0 Å². The Hall–Kier alpha value is -0.160. The Morgan fingerprint density at radius 2 is 2.16 bits per heavy atom. The second-order valence-electron chi connectivity index (χ2n) is 5.88. The third-order valence-corrected chi connectivity index (χ3v) is 3.68. The summed E-state index contributed by atoms with van der Waals surface area (Å²) in [5, 5.41) is 3.55. The minimum atomic E-state index is 0.421. The molecule has 0 bridgehead atoms. The maximum atomic E-state index is 5.75. The fourth-order valence-corrected chi connectivity index (χ4v) is 2.61. The molecule has 114 valence electrons. The van der Waals surface area contributed by atoms with E-state index in [0.29, 0.717) is 18.1 Å². The van der Waals surface area contributed by atoms with Gasteiger partial charge < -0.3 is 14.8 Å². The Labute approximate surface area is 118 Å². The summed E-state index contributed by atoms with van der Waals surface area (Å²) in [4.78, 5) is 2.49. The maximum absolute atomic E-state index is 5.75. The van der Waals surface area contributed by atoms with Crippen LogP contribution in [0.25, 0.3) is 0 Å². The van der Waals surface area contributed by atoms with Gasteiger partial charge in [0.15, 0.2) is 0 Å². The first-order valence-electron chi connectivity index (χ1n) is 7.72. The molecule has 0 radical (unpaired) electrons. The number of likely N-dealkylation sites (N-methyl/N-ethyl adjacent to an activating group) is 1. The second-order valence-corrected chi connectivity index (χ2v) is 5.88. The van der Waals surface area contributed by atoms with Crippen LogP contribution >= 0.6 is 0 Å². The minimum Gasteiger partial charge on any atom is -0.383 e. The molecule has 1 fully saturated rings. The van der Waals surface area contributed by atoms with Crippen LogP contribution in [0.2, 0.25) is 0 Å². The lowest BCUT2D eigenvalue weighted by Crippen LogP contribution is -2.48. The number of ether oxygens (including phenoxy) is 2. The predicted molar refractivity (Wildman–Crippen MR) is 79.6 cm³/mol. The molecule has 2 unspecified atom stereocenters. The van der Waals surface area contributed by atoms with E-state index in [0.717, 1.165) is 39.4 Å². The molecule has 4 heteroatoms. The molecule has 1 aliphatic heterocycles. The summed E-state index contributed by atoms with van der Waals surface area (Å²) in [6.45, 7) is 12.6. The Kier molecular flexibility index (Phi) is 8.62. The fourth-order valence-electron chi connectivity index (χ4n) is 2.61. The van der Waals surface area contributed by atoms with Gasteiger partial charge in [-0.05, 0) is 31.8 Å². The normalized spacial score (nSPS) is 21.5. The van der Waals surface area contributed by atoms with E-state index in [9.17, 15) is 0 Å². The Morgan fingerprint density at radius 1 is 1.37 bits per heavy atom. The van der Waals surface area contributed by atoms with Crippen molar-refractivity contribution in [3.05, 3.63) is 0 Å². The zero-order valence-corrected chi connectivity index (χ0v) is 13.2. The van der Waals surface area contributed by atoms with Crippen molar-refractivity contribution in [3.8, 4) is 0 Å². The summed E-state index contributed by atoms with van der Waals surface area (Å²) in [5.41, 5.74) is 0. The Bertz CT molecular complexity index is 218. The summed E-state index contributed by atoms with van der Waals surface area (Å²) in [6, 6.07) is 0.443. The molecule has 0 aliphatic carbocycles. The number of methoxy groups -OCH3 is 1. The summed E-state index contributed by atoms with van der Waals surface area (Å²) in [5.74, 6) is 0.691. The number of hydrogen-bond donors (Lipinski definition) is 1. The third-order valence-electron chi connectivity index (χ3n) is 3.68. The third kappa shape index (κ3) is 6.70. The van der Waals surface area contributed by atoms with E-state index in [1.54, 1.807) is 7.11 Å². The van der Waals surface area contributed by atoms with Crippen molar-refractivity contribution in [2.45, 2.75) is 45.8 Å². The number of hydrogen-bond acceptors (Lipinski definition) is 4. The second kappa shape index (κ2) is 9.70. The molecule has 1 saturated heterocycles. The van der Waals surface area contributed by atoms with E-state index in [1.807, 2.05) is 0 Å². The molecule has 0 saturated carbocycles. The lowest BCUT2D eigenvalue weighted by molar-refractivity contribution is 0.0356. The largest absolute Gasteiger partial charge is 0.383 e. The highest BCUT2D eigenvalue weighted by atomic mass is 16.5. The van der Waals surface area contributed by atoms with Crippen LogP contribution in [0.4, 0.5) is 0 Å². The molecule has 19 heavy (non-hydrogen) atoms. The van der Waals surface area contributed by atoms with Gasteiger partial charge in [0.1, 0.15) is 0 Å². The number of rotatable bonds is 10. The first-order valence-corrected chi connectivity index (χ1v) is 7.72. The van der Waals surface area contributed by atoms with Gasteiger partial charge in [-0.25, -0.2) is 0 Å². The van der Waals surface area contributed by atoms with Crippen molar-refractivity contribution < 1.29 is 9.47 Å². The van der Waals surface area contributed by atoms with Gasteiger partial charge in [-0.3, -0.25) is 4.90 Å². The topological polar surface area (TPSA) is 33.7 Å². The first-order chi connectivity index (χ1) is 9.17. The summed E-state index contributed by atoms with van der Waals surface area (Å²) in [6.07, 6.45) is 2.84. The van der Waals surface area contributed by atoms with Gasteiger partial charge in [0.2, 0.25) is 0 Å². The molecule has 1 N–H and O–H groups in total. The molecule has 4 nitrogen and oxygen atoms in total. The van der Waals surface area contributed by atoms with Crippen LogP contribution in [0.3, 0.4) is 0 Å². The molecular formula is C15H32N2O2. The quantitative estimate of drug-likeness (QED) is 0.657. The Balaban J connectivity index is 2.39. The van der Waals surface area contributed by atoms with Crippen LogP contribution in [-0.2, 0) is 9.47 Å². The van der Waals surface area contributed by atoms with Crippen LogP contribution < -0.4 is 5.32 Å². The van der Waals surface area contributed by atoms with E-state index >= 15 is 0 Å². The van der Waals surface area contributed by atoms with E-state index in [-0.39, 0.29) is 0 Å². The van der Waals surface area contributed by atoms with Crippen molar-refractivity contribution in [3.63, 3.8) is 0 Å². The summed E-state index contributed by atoms with van der Waals surface area (Å²) < 4.78 is 11.1. The van der Waals surface area contributed by atoms with Gasteiger partial charge in [0, 0.05) is 32.8 Å². The van der Waals surface area contributed by atoms with E-state index in [2.05, 4.69) is 31.0 Å². The predicted octanol–water partition coefficient (Wildman–Crippen LogP) is 1.75. The van der Waals surface area contributed by atoms with Crippen molar-refractivity contribution in [2.24, 2.45) is 5.92 Å². The molecule has 0 aromatic carbocycles. The minimum absolute atomic E-state index is 0.421. The molecule has 2 atom stereocenters. The highest BCUT2D eigenvalue weighted by Gasteiger charge is 2.23. The van der Waals surface area contributed by atoms with Gasteiger partial charge in [0.25, 0.3) is 0 Å². The zero-order chi connectivity index (χ0) is 14.1. The van der Waals surface area contributed by atoms with Gasteiger partial charge in [0.05, 0.1) is 12.7 Å². The standard InChI is InChI=1S/C15H32N2O2/c1-5-17(11-15-7-6-8-19-15)14(12-18-4)10-16-9-13(2)3/h13-16H,5-12H2,1-4H3. The molecular weight excluding hydrogens is 240 g/mol. The first kappa shape index (κ1) is 16.9. The number of nitrogens with zero attached hydrogens (tertiary/aromatic N) is 1. The van der Waals surface area contributed by atoms with Gasteiger partial charge in [-0.2, -0.15) is 0 Å². The molecule has 0 spiro atoms. The Morgan fingerprint density at radius 3 is 2.68 bits per heavy atom. The van der Waals surface area contributed by atoms with E-state index < -0.39 is 0 Å². The highest BCUT2D eigenvalue weighted by Crippen LogP contribution is 2.14. The molecule has 0 aromatic heterocycles. The molecule has 0 amide bonds. The van der Waals surface area contributed by atoms with E-state index in [4.69, 9.17) is 9.47 Å². The monoisotopic (exact) mass is 272 g/mol. The fraction of sp³-hybridized carbons (Fsp3) is 1.00. The average Bonchev–Trinajstić information content (AvgIpc) is 2.87. The highest BCUT2D eigenvalue weighted by molar-refractivity contribution is 4.78. The average molecular weight is 272 g/mol. The van der Waals surface area contributed by atoms with Crippen molar-refractivity contribution in [1.29, 1.82) is 0 Å². The van der Waals surface area contributed by atoms with Crippen LogP contribution in [0, 0.1) is 5.92 Å². The lowest BCUT2D eigenvalue weighted by Gasteiger charge is -2.32. The summed E-state index contributed by atoms with van der Waals surface area (Å²) in [7, 11) is 1.79. The van der Waals surface area contributed by atoms with Gasteiger partial charge in [-0.15, -0.1) is 0 Å². The van der Waals surface area contributed by atoms with Crippen LogP contribution in [-0.4, -0.2) is 63.5 Å². The van der Waals surface area contributed by atoms with Gasteiger partial charge >= 0.3 is 0 Å². The van der Waals surface area contributed by atoms with Crippen LogP contribution in [0.1, 0.15) is 33.6 Å². The molecule has 1 heterocycles. The van der Waals surface area contributed by atoms with Gasteiger partial charge in [-0.1, -0.05) is 20.8 Å². The molecule has 1 aliphatic rings. The SMILES string of the molecule is CCN(CC1CCCO1)C(CNCC(C)C)COC. The van der Waals surface area contributed by atoms with E-state index in [1.165, 1.54) is 12.8 Å². The lowest BCUT2D eigenvalue weighted by atomic mass is 10.1. The molecule has 1 rings (SSSR count). The number of nitrogens with one attached hydrogen (secondary N) is 1. The zero-order valence-electron chi connectivity index (χ0n) is 13.2. The van der Waals surface area contributed by atoms with Crippen molar-refractivity contribution >= 4 is 0 Å². The van der Waals surface area contributed by atoms with Crippen LogP contribution in [0.15, 0.2) is 0 Å². The smallest absolute Gasteiger partial charge is 0.0702 e.